The van der Waals surface area contributed by atoms with Gasteiger partial charge in [-0.15, -0.1) is 0 Å². The van der Waals surface area contributed by atoms with E-state index in [0.717, 1.165) is 13.0 Å². The van der Waals surface area contributed by atoms with Crippen molar-refractivity contribution in [2.45, 2.75) is 44.3 Å². The van der Waals surface area contributed by atoms with Gasteiger partial charge in [-0.3, -0.25) is 4.90 Å². The number of nitriles is 1. The Balaban J connectivity index is 1.61. The normalized spacial score (nSPS) is 22.4. The molecule has 2 atom stereocenters. The molecule has 4 rings (SSSR count). The maximum absolute atomic E-state index is 9.21. The molecule has 0 amide bonds. The van der Waals surface area contributed by atoms with Crippen molar-refractivity contribution in [1.82, 2.24) is 4.90 Å². The zero-order chi connectivity index (χ0) is 17.9. The summed E-state index contributed by atoms with van der Waals surface area (Å²) in [5.41, 5.74) is 4.57. The zero-order valence-electron chi connectivity index (χ0n) is 15.2. The fourth-order valence-corrected chi connectivity index (χ4v) is 4.36. The molecule has 0 spiro atoms. The highest BCUT2D eigenvalue weighted by molar-refractivity contribution is 5.70. The molecule has 1 saturated heterocycles. The average Bonchev–Trinajstić information content (AvgIpc) is 2.68. The van der Waals surface area contributed by atoms with E-state index in [-0.39, 0.29) is 0 Å². The minimum Gasteiger partial charge on any atom is -0.495 e. The molecule has 2 bridgehead atoms. The Hall–Kier alpha value is -2.57. The van der Waals surface area contributed by atoms with E-state index < -0.39 is 0 Å². The van der Waals surface area contributed by atoms with Crippen molar-refractivity contribution < 1.29 is 4.74 Å². The minimum absolute atomic E-state index is 0.499. The summed E-state index contributed by atoms with van der Waals surface area (Å²) in [6.45, 7) is 1.02. The summed E-state index contributed by atoms with van der Waals surface area (Å²) >= 11 is 0. The predicted octanol–water partition coefficient (Wildman–Crippen LogP) is 4.78. The first-order valence-electron chi connectivity index (χ1n) is 9.37. The molecule has 26 heavy (non-hydrogen) atoms. The molecular weight excluding hydrogens is 320 g/mol. The van der Waals surface area contributed by atoms with E-state index in [1.54, 1.807) is 7.11 Å². The van der Waals surface area contributed by atoms with E-state index in [1.165, 1.54) is 36.0 Å². The molecule has 132 valence electrons. The molecular formula is C23H24N2O. The monoisotopic (exact) mass is 344 g/mol. The van der Waals surface area contributed by atoms with Crippen molar-refractivity contribution in [1.29, 1.82) is 5.26 Å². The SMILES string of the molecule is COc1cc(C2=CC3CCCC(C2)N3Cc2ccccc2)ccc1C#N. The van der Waals surface area contributed by atoms with Crippen molar-refractivity contribution in [2.24, 2.45) is 0 Å². The van der Waals surface area contributed by atoms with E-state index in [4.69, 9.17) is 4.74 Å². The molecule has 0 aromatic heterocycles. The van der Waals surface area contributed by atoms with Crippen LogP contribution in [0.5, 0.6) is 5.75 Å². The smallest absolute Gasteiger partial charge is 0.137 e. The van der Waals surface area contributed by atoms with E-state index in [1.807, 2.05) is 12.1 Å². The summed E-state index contributed by atoms with van der Waals surface area (Å²) in [5.74, 6) is 0.669. The number of ether oxygens (including phenoxy) is 1. The lowest BCUT2D eigenvalue weighted by Crippen LogP contribution is -2.47. The van der Waals surface area contributed by atoms with Gasteiger partial charge in [-0.1, -0.05) is 48.9 Å². The third kappa shape index (κ3) is 3.25. The fraction of sp³-hybridized carbons (Fsp3) is 0.348. The standard InChI is InChI=1S/C23H24N2O/c1-26-23-14-18(10-11-19(23)15-24)20-12-21-8-5-9-22(13-20)25(21)16-17-6-3-2-4-7-17/h2-4,6-7,10-12,14,21-22H,5,8-9,13,16H2,1H3. The van der Waals surface area contributed by atoms with E-state index in [9.17, 15) is 5.26 Å². The maximum Gasteiger partial charge on any atom is 0.137 e. The summed E-state index contributed by atoms with van der Waals surface area (Å²) < 4.78 is 5.40. The van der Waals surface area contributed by atoms with Gasteiger partial charge < -0.3 is 4.74 Å². The van der Waals surface area contributed by atoms with E-state index in [0.29, 0.717) is 23.4 Å². The van der Waals surface area contributed by atoms with Crippen LogP contribution in [0.1, 0.15) is 42.4 Å². The largest absolute Gasteiger partial charge is 0.495 e. The summed E-state index contributed by atoms with van der Waals surface area (Å²) in [4.78, 5) is 2.67. The van der Waals surface area contributed by atoms with Crippen LogP contribution in [0.3, 0.4) is 0 Å². The molecule has 0 N–H and O–H groups in total. The number of hydrogen-bond acceptors (Lipinski definition) is 3. The van der Waals surface area contributed by atoms with Gasteiger partial charge in [0.25, 0.3) is 0 Å². The third-order valence-corrected chi connectivity index (χ3v) is 5.68. The first-order chi connectivity index (χ1) is 12.8. The highest BCUT2D eigenvalue weighted by Gasteiger charge is 2.34. The Kier molecular flexibility index (Phi) is 4.77. The van der Waals surface area contributed by atoms with Gasteiger partial charge in [0.15, 0.2) is 0 Å². The molecule has 2 unspecified atom stereocenters. The number of methoxy groups -OCH3 is 1. The number of fused-ring (bicyclic) bond motifs is 2. The zero-order valence-corrected chi connectivity index (χ0v) is 15.2. The highest BCUT2D eigenvalue weighted by Crippen LogP contribution is 2.38. The van der Waals surface area contributed by atoms with Gasteiger partial charge in [0.05, 0.1) is 12.7 Å². The average molecular weight is 344 g/mol. The van der Waals surface area contributed by atoms with Crippen molar-refractivity contribution >= 4 is 5.57 Å². The fourth-order valence-electron chi connectivity index (χ4n) is 4.36. The predicted molar refractivity (Wildman–Crippen MR) is 104 cm³/mol. The Morgan fingerprint density at radius 2 is 2.00 bits per heavy atom. The topological polar surface area (TPSA) is 36.3 Å². The van der Waals surface area contributed by atoms with Crippen LogP contribution in [0.4, 0.5) is 0 Å². The lowest BCUT2D eigenvalue weighted by Gasteiger charge is -2.45. The molecule has 3 heteroatoms. The van der Waals surface area contributed by atoms with Gasteiger partial charge in [0, 0.05) is 18.6 Å². The van der Waals surface area contributed by atoms with Crippen LogP contribution in [0, 0.1) is 11.3 Å². The Morgan fingerprint density at radius 3 is 2.73 bits per heavy atom. The number of rotatable bonds is 4. The molecule has 2 aliphatic rings. The summed E-state index contributed by atoms with van der Waals surface area (Å²) in [6.07, 6.45) is 7.30. The molecule has 0 aliphatic carbocycles. The van der Waals surface area contributed by atoms with E-state index >= 15 is 0 Å². The second-order valence-electron chi connectivity index (χ2n) is 7.23. The van der Waals surface area contributed by atoms with Gasteiger partial charge in [0.1, 0.15) is 11.8 Å². The second-order valence-corrected chi connectivity index (χ2v) is 7.23. The van der Waals surface area contributed by atoms with Gasteiger partial charge in [-0.25, -0.2) is 0 Å². The number of benzene rings is 2. The van der Waals surface area contributed by atoms with Crippen molar-refractivity contribution in [2.75, 3.05) is 7.11 Å². The molecule has 1 fully saturated rings. The van der Waals surface area contributed by atoms with Gasteiger partial charge >= 0.3 is 0 Å². The van der Waals surface area contributed by atoms with Crippen LogP contribution < -0.4 is 4.74 Å². The van der Waals surface area contributed by atoms with Crippen LogP contribution in [0.15, 0.2) is 54.6 Å². The van der Waals surface area contributed by atoms with E-state index in [2.05, 4.69) is 53.4 Å². The molecule has 2 aliphatic heterocycles. The number of piperidine rings is 1. The first kappa shape index (κ1) is 16.9. The lowest BCUT2D eigenvalue weighted by molar-refractivity contribution is 0.0951. The van der Waals surface area contributed by atoms with Gasteiger partial charge in [-0.05, 0) is 48.1 Å². The van der Waals surface area contributed by atoms with Crippen LogP contribution in [0.25, 0.3) is 5.57 Å². The van der Waals surface area contributed by atoms with Gasteiger partial charge in [0.2, 0.25) is 0 Å². The van der Waals surface area contributed by atoms with Crippen molar-refractivity contribution in [3.05, 3.63) is 71.3 Å². The quantitative estimate of drug-likeness (QED) is 0.801. The molecule has 2 heterocycles. The first-order valence-corrected chi connectivity index (χ1v) is 9.37. The van der Waals surface area contributed by atoms with Crippen LogP contribution >= 0.6 is 0 Å². The maximum atomic E-state index is 9.21. The second kappa shape index (κ2) is 7.35. The summed E-state index contributed by atoms with van der Waals surface area (Å²) in [6, 6.07) is 20.0. The van der Waals surface area contributed by atoms with Crippen molar-refractivity contribution in [3.63, 3.8) is 0 Å². The highest BCUT2D eigenvalue weighted by atomic mass is 16.5. The Labute approximate surface area is 155 Å². The van der Waals surface area contributed by atoms with Crippen LogP contribution in [0.2, 0.25) is 0 Å². The number of nitrogens with zero attached hydrogens (tertiary/aromatic N) is 2. The van der Waals surface area contributed by atoms with Crippen molar-refractivity contribution in [3.8, 4) is 11.8 Å². The summed E-state index contributed by atoms with van der Waals surface area (Å²) in [7, 11) is 1.63. The molecule has 0 saturated carbocycles. The molecule has 0 radical (unpaired) electrons. The minimum atomic E-state index is 0.499. The Bertz CT molecular complexity index is 850. The van der Waals surface area contributed by atoms with Crippen LogP contribution in [-0.4, -0.2) is 24.1 Å². The molecule has 2 aromatic carbocycles. The van der Waals surface area contributed by atoms with Gasteiger partial charge in [-0.2, -0.15) is 5.26 Å². The third-order valence-electron chi connectivity index (χ3n) is 5.68. The summed E-state index contributed by atoms with van der Waals surface area (Å²) in [5, 5.41) is 9.21. The molecule has 3 nitrogen and oxygen atoms in total. The Morgan fingerprint density at radius 1 is 1.15 bits per heavy atom. The van der Waals surface area contributed by atoms with Crippen LogP contribution in [-0.2, 0) is 6.54 Å². The lowest BCUT2D eigenvalue weighted by atomic mass is 9.82. The molecule has 2 aromatic rings. The number of hydrogen-bond donors (Lipinski definition) is 0.